The summed E-state index contributed by atoms with van der Waals surface area (Å²) >= 11 is 0. The molecule has 3 nitrogen and oxygen atoms in total. The van der Waals surface area contributed by atoms with Crippen LogP contribution < -0.4 is 0 Å². The summed E-state index contributed by atoms with van der Waals surface area (Å²) in [5.41, 5.74) is 0. The van der Waals surface area contributed by atoms with E-state index >= 15 is 0 Å². The molecule has 0 aliphatic carbocycles. The molecule has 72 valence electrons. The first-order valence-electron chi connectivity index (χ1n) is 4.52. The summed E-state index contributed by atoms with van der Waals surface area (Å²) in [5, 5.41) is 9.59. The fraction of sp³-hybridized carbons (Fsp3) is 1.00. The van der Waals surface area contributed by atoms with Gasteiger partial charge in [-0.15, -0.1) is 0 Å². The van der Waals surface area contributed by atoms with Crippen molar-refractivity contribution in [2.24, 2.45) is 0 Å². The number of nitrogens with zero attached hydrogens (tertiary/aromatic N) is 1. The van der Waals surface area contributed by atoms with E-state index in [4.69, 9.17) is 4.74 Å². The summed E-state index contributed by atoms with van der Waals surface area (Å²) in [6.45, 7) is 2.89. The van der Waals surface area contributed by atoms with E-state index < -0.39 is 0 Å². The number of likely N-dealkylation sites (N-methyl/N-ethyl adjacent to an activating group) is 1. The number of aliphatic hydroxyl groups is 1. The first kappa shape index (κ1) is 9.96. The summed E-state index contributed by atoms with van der Waals surface area (Å²) in [4.78, 5) is 0. The minimum Gasteiger partial charge on any atom is -0.390 e. The fourth-order valence-corrected chi connectivity index (χ4v) is 1.64. The summed E-state index contributed by atoms with van der Waals surface area (Å²) in [6, 6.07) is 0. The van der Waals surface area contributed by atoms with Gasteiger partial charge in [0.25, 0.3) is 0 Å². The molecule has 1 N–H and O–H groups in total. The molecule has 1 saturated heterocycles. The Balaban J connectivity index is 2.43. The number of quaternary nitrogens is 1. The van der Waals surface area contributed by atoms with Gasteiger partial charge in [-0.05, 0) is 6.92 Å². The summed E-state index contributed by atoms with van der Waals surface area (Å²) in [7, 11) is 6.33. The highest BCUT2D eigenvalue weighted by atomic mass is 16.5. The molecule has 0 unspecified atom stereocenters. The molecule has 12 heavy (non-hydrogen) atoms. The lowest BCUT2D eigenvalue weighted by Crippen LogP contribution is -2.44. The molecule has 1 fully saturated rings. The molecule has 0 amide bonds. The van der Waals surface area contributed by atoms with Crippen molar-refractivity contribution in [1.29, 1.82) is 0 Å². The van der Waals surface area contributed by atoms with Crippen LogP contribution in [0.5, 0.6) is 0 Å². The first-order chi connectivity index (χ1) is 5.38. The summed E-state index contributed by atoms with van der Waals surface area (Å²) < 4.78 is 6.43. The Labute approximate surface area is 74.5 Å². The number of aliphatic hydroxyl groups excluding tert-OH is 1. The molecule has 1 heterocycles. The Morgan fingerprint density at radius 1 is 1.42 bits per heavy atom. The van der Waals surface area contributed by atoms with Gasteiger partial charge in [0.2, 0.25) is 0 Å². The molecule has 0 aromatic rings. The monoisotopic (exact) mass is 174 g/mol. The standard InChI is InChI=1S/C9H20NO2/c1-7-5-8(11)9(12-7)6-10(2,3)4/h7-9,11H,5-6H2,1-4H3/q+1/t7-,8-,9-/m0/s1. The molecular formula is C9H20NO2+. The zero-order valence-electron chi connectivity index (χ0n) is 8.45. The van der Waals surface area contributed by atoms with Gasteiger partial charge in [0, 0.05) is 6.42 Å². The molecule has 3 heteroatoms. The van der Waals surface area contributed by atoms with Crippen LogP contribution in [0.15, 0.2) is 0 Å². The molecule has 0 aromatic carbocycles. The van der Waals surface area contributed by atoms with Crippen molar-refractivity contribution in [2.75, 3.05) is 27.7 Å². The fourth-order valence-electron chi connectivity index (χ4n) is 1.64. The maximum Gasteiger partial charge on any atom is 0.132 e. The van der Waals surface area contributed by atoms with Crippen LogP contribution in [0.4, 0.5) is 0 Å². The molecule has 0 aromatic heterocycles. The van der Waals surface area contributed by atoms with Crippen LogP contribution in [0.25, 0.3) is 0 Å². The van der Waals surface area contributed by atoms with Gasteiger partial charge in [0.15, 0.2) is 0 Å². The van der Waals surface area contributed by atoms with Crippen molar-refractivity contribution in [3.8, 4) is 0 Å². The van der Waals surface area contributed by atoms with Gasteiger partial charge in [-0.1, -0.05) is 0 Å². The number of hydrogen-bond donors (Lipinski definition) is 1. The van der Waals surface area contributed by atoms with Gasteiger partial charge in [0.05, 0.1) is 33.4 Å². The Morgan fingerprint density at radius 2 is 2.00 bits per heavy atom. The van der Waals surface area contributed by atoms with Crippen LogP contribution in [0.1, 0.15) is 13.3 Å². The van der Waals surface area contributed by atoms with Crippen LogP contribution >= 0.6 is 0 Å². The minimum atomic E-state index is -0.266. The van der Waals surface area contributed by atoms with Crippen molar-refractivity contribution >= 4 is 0 Å². The molecular weight excluding hydrogens is 154 g/mol. The Bertz CT molecular complexity index is 153. The summed E-state index contributed by atoms with van der Waals surface area (Å²) in [5.74, 6) is 0. The maximum absolute atomic E-state index is 9.59. The zero-order valence-corrected chi connectivity index (χ0v) is 8.45. The molecule has 0 radical (unpaired) electrons. The van der Waals surface area contributed by atoms with Crippen molar-refractivity contribution in [1.82, 2.24) is 0 Å². The van der Waals surface area contributed by atoms with E-state index in [1.807, 2.05) is 6.92 Å². The van der Waals surface area contributed by atoms with Gasteiger partial charge >= 0.3 is 0 Å². The van der Waals surface area contributed by atoms with Crippen LogP contribution in [0, 0.1) is 0 Å². The van der Waals surface area contributed by atoms with E-state index in [-0.39, 0.29) is 18.3 Å². The smallest absolute Gasteiger partial charge is 0.132 e. The van der Waals surface area contributed by atoms with Crippen LogP contribution in [0.3, 0.4) is 0 Å². The van der Waals surface area contributed by atoms with Crippen LogP contribution in [-0.4, -0.2) is 55.6 Å². The van der Waals surface area contributed by atoms with Crippen molar-refractivity contribution in [3.05, 3.63) is 0 Å². The third kappa shape index (κ3) is 2.73. The number of rotatable bonds is 2. The second-order valence-corrected chi connectivity index (χ2v) is 4.76. The first-order valence-corrected chi connectivity index (χ1v) is 4.52. The maximum atomic E-state index is 9.59. The quantitative estimate of drug-likeness (QED) is 0.607. The average molecular weight is 174 g/mol. The van der Waals surface area contributed by atoms with Crippen LogP contribution in [0.2, 0.25) is 0 Å². The highest BCUT2D eigenvalue weighted by Crippen LogP contribution is 2.21. The van der Waals surface area contributed by atoms with E-state index in [0.29, 0.717) is 0 Å². The topological polar surface area (TPSA) is 29.5 Å². The lowest BCUT2D eigenvalue weighted by atomic mass is 10.1. The third-order valence-corrected chi connectivity index (χ3v) is 2.14. The highest BCUT2D eigenvalue weighted by molar-refractivity contribution is 4.79. The zero-order chi connectivity index (χ0) is 9.35. The lowest BCUT2D eigenvalue weighted by Gasteiger charge is -2.28. The number of ether oxygens (including phenoxy) is 1. The Kier molecular flexibility index (Phi) is 2.76. The van der Waals surface area contributed by atoms with Crippen molar-refractivity contribution < 1.29 is 14.3 Å². The molecule has 1 aliphatic heterocycles. The van der Waals surface area contributed by atoms with Gasteiger partial charge in [-0.3, -0.25) is 0 Å². The van der Waals surface area contributed by atoms with Gasteiger partial charge in [-0.25, -0.2) is 0 Å². The SMILES string of the molecule is C[C@H]1C[C@H](O)[C@H](C[N+](C)(C)C)O1. The normalized spacial score (nSPS) is 37.2. The van der Waals surface area contributed by atoms with Gasteiger partial charge < -0.3 is 14.3 Å². The third-order valence-electron chi connectivity index (χ3n) is 2.14. The minimum absolute atomic E-state index is 0.0278. The van der Waals surface area contributed by atoms with Gasteiger partial charge in [0.1, 0.15) is 12.6 Å². The van der Waals surface area contributed by atoms with E-state index in [0.717, 1.165) is 17.4 Å². The molecule has 0 bridgehead atoms. The van der Waals surface area contributed by atoms with E-state index in [1.165, 1.54) is 0 Å². The van der Waals surface area contributed by atoms with E-state index in [9.17, 15) is 5.11 Å². The second-order valence-electron chi connectivity index (χ2n) is 4.76. The Morgan fingerprint density at radius 3 is 2.33 bits per heavy atom. The predicted octanol–water partition coefficient (Wildman–Crippen LogP) is 0.231. The molecule has 0 saturated carbocycles. The lowest BCUT2D eigenvalue weighted by molar-refractivity contribution is -0.873. The van der Waals surface area contributed by atoms with Crippen molar-refractivity contribution in [2.45, 2.75) is 31.7 Å². The van der Waals surface area contributed by atoms with Gasteiger partial charge in [-0.2, -0.15) is 0 Å². The summed E-state index contributed by atoms with van der Waals surface area (Å²) in [6.07, 6.45) is 0.763. The van der Waals surface area contributed by atoms with Crippen molar-refractivity contribution in [3.63, 3.8) is 0 Å². The predicted molar refractivity (Wildman–Crippen MR) is 47.9 cm³/mol. The van der Waals surface area contributed by atoms with E-state index in [2.05, 4.69) is 21.1 Å². The highest BCUT2D eigenvalue weighted by Gasteiger charge is 2.34. The van der Waals surface area contributed by atoms with Crippen LogP contribution in [-0.2, 0) is 4.74 Å². The average Bonchev–Trinajstić information content (AvgIpc) is 2.06. The largest absolute Gasteiger partial charge is 0.390 e. The molecule has 1 rings (SSSR count). The molecule has 1 aliphatic rings. The molecule has 3 atom stereocenters. The molecule has 0 spiro atoms. The second kappa shape index (κ2) is 3.32. The number of hydrogen-bond acceptors (Lipinski definition) is 2. The Hall–Kier alpha value is -0.120. The van der Waals surface area contributed by atoms with E-state index in [1.54, 1.807) is 0 Å².